The molecule has 1 aromatic heterocycles. The number of nitrogens with zero attached hydrogens (tertiary/aromatic N) is 3. The fraction of sp³-hybridized carbons (Fsp3) is 0.208. The van der Waals surface area contributed by atoms with Crippen LogP contribution in [0.4, 0.5) is 10.1 Å². The van der Waals surface area contributed by atoms with E-state index >= 15 is 0 Å². The number of carbonyl (C=O) groups excluding carboxylic acids is 2. The second-order valence-corrected chi connectivity index (χ2v) is 7.42. The molecule has 0 atom stereocenters. The molecule has 0 aliphatic carbocycles. The van der Waals surface area contributed by atoms with E-state index in [0.717, 1.165) is 16.6 Å². The summed E-state index contributed by atoms with van der Waals surface area (Å²) >= 11 is 0. The van der Waals surface area contributed by atoms with Crippen molar-refractivity contribution in [1.82, 2.24) is 14.8 Å². The monoisotopic (exact) mass is 418 g/mol. The van der Waals surface area contributed by atoms with Gasteiger partial charge in [-0.15, -0.1) is 0 Å². The molecule has 2 heterocycles. The van der Waals surface area contributed by atoms with Crippen LogP contribution in [0, 0.1) is 5.82 Å². The highest BCUT2D eigenvalue weighted by Gasteiger charge is 2.21. The van der Waals surface area contributed by atoms with Crippen LogP contribution in [0.5, 0.6) is 0 Å². The van der Waals surface area contributed by atoms with E-state index in [4.69, 9.17) is 0 Å². The Kier molecular flexibility index (Phi) is 6.33. The van der Waals surface area contributed by atoms with Crippen molar-refractivity contribution in [3.05, 3.63) is 78.3 Å². The minimum atomic E-state index is -0.392. The zero-order valence-corrected chi connectivity index (χ0v) is 17.0. The predicted octanol–water partition coefficient (Wildman–Crippen LogP) is 3.17. The lowest BCUT2D eigenvalue weighted by Gasteiger charge is -2.33. The third-order valence-electron chi connectivity index (χ3n) is 5.18. The second kappa shape index (κ2) is 9.49. The minimum Gasteiger partial charge on any atom is -0.337 e. The Bertz CT molecular complexity index is 1120. The molecule has 0 saturated carbocycles. The van der Waals surface area contributed by atoms with Gasteiger partial charge in [0.15, 0.2) is 0 Å². The summed E-state index contributed by atoms with van der Waals surface area (Å²) in [5.74, 6) is -0.664. The molecule has 1 fully saturated rings. The molecule has 3 aromatic rings. The molecule has 2 amide bonds. The molecule has 2 aromatic carbocycles. The smallest absolute Gasteiger partial charge is 0.246 e. The molecule has 1 N–H and O–H groups in total. The summed E-state index contributed by atoms with van der Waals surface area (Å²) in [6.45, 7) is 2.49. The summed E-state index contributed by atoms with van der Waals surface area (Å²) in [4.78, 5) is 33.0. The van der Waals surface area contributed by atoms with Crippen LogP contribution >= 0.6 is 0 Å². The Morgan fingerprint density at radius 1 is 1.00 bits per heavy atom. The van der Waals surface area contributed by atoms with Gasteiger partial charge in [0.25, 0.3) is 0 Å². The fourth-order valence-electron chi connectivity index (χ4n) is 3.53. The van der Waals surface area contributed by atoms with E-state index in [9.17, 15) is 14.0 Å². The second-order valence-electron chi connectivity index (χ2n) is 7.42. The highest BCUT2D eigenvalue weighted by Crippen LogP contribution is 2.13. The molecule has 6 nitrogen and oxygen atoms in total. The maximum atomic E-state index is 13.2. The number of hydrogen-bond acceptors (Lipinski definition) is 4. The van der Waals surface area contributed by atoms with Crippen LogP contribution in [-0.2, 0) is 9.59 Å². The van der Waals surface area contributed by atoms with Crippen molar-refractivity contribution in [3.8, 4) is 0 Å². The molecule has 0 bridgehead atoms. The first kappa shape index (κ1) is 20.7. The third kappa shape index (κ3) is 5.52. The molecule has 1 saturated heterocycles. The number of pyridine rings is 1. The average Bonchev–Trinajstić information content (AvgIpc) is 2.78. The Hall–Kier alpha value is -3.58. The number of nitrogens with one attached hydrogen (secondary N) is 1. The van der Waals surface area contributed by atoms with Gasteiger partial charge in [-0.1, -0.05) is 30.3 Å². The number of fused-ring (bicyclic) bond motifs is 1. The highest BCUT2D eigenvalue weighted by atomic mass is 19.1. The minimum absolute atomic E-state index is 0.0705. The van der Waals surface area contributed by atoms with Crippen LogP contribution in [0.1, 0.15) is 5.69 Å². The van der Waals surface area contributed by atoms with Crippen molar-refractivity contribution in [3.63, 3.8) is 0 Å². The van der Waals surface area contributed by atoms with Crippen LogP contribution in [0.15, 0.2) is 66.7 Å². The Morgan fingerprint density at radius 3 is 2.61 bits per heavy atom. The number of piperazine rings is 1. The number of halogens is 1. The number of carbonyl (C=O) groups is 2. The molecular formula is C24H23FN4O2. The molecule has 0 spiro atoms. The number of para-hydroxylation sites is 1. The predicted molar refractivity (Wildman–Crippen MR) is 119 cm³/mol. The number of aromatic nitrogens is 1. The highest BCUT2D eigenvalue weighted by molar-refractivity contribution is 5.93. The molecule has 4 rings (SSSR count). The first-order valence-electron chi connectivity index (χ1n) is 10.2. The number of amides is 2. The first-order chi connectivity index (χ1) is 15.1. The lowest BCUT2D eigenvalue weighted by molar-refractivity contribution is -0.127. The van der Waals surface area contributed by atoms with E-state index < -0.39 is 5.82 Å². The van der Waals surface area contributed by atoms with Crippen molar-refractivity contribution in [1.29, 1.82) is 0 Å². The van der Waals surface area contributed by atoms with Crippen LogP contribution in [0.3, 0.4) is 0 Å². The van der Waals surface area contributed by atoms with Gasteiger partial charge in [-0.05, 0) is 36.4 Å². The third-order valence-corrected chi connectivity index (χ3v) is 5.18. The lowest BCUT2D eigenvalue weighted by atomic mass is 10.2. The number of anilines is 1. The van der Waals surface area contributed by atoms with Crippen molar-refractivity contribution in [2.45, 2.75) is 0 Å². The standard InChI is InChI=1S/C24H23FN4O2/c25-19-5-3-6-21(16-19)27-23(30)17-28-12-14-29(15-13-28)24(31)11-10-20-9-8-18-4-1-2-7-22(18)26-20/h1-11,16H,12-15,17H2,(H,27,30)/b11-10+. The number of hydrogen-bond donors (Lipinski definition) is 1. The number of benzene rings is 2. The largest absolute Gasteiger partial charge is 0.337 e. The molecule has 31 heavy (non-hydrogen) atoms. The fourth-order valence-corrected chi connectivity index (χ4v) is 3.53. The Morgan fingerprint density at radius 2 is 1.81 bits per heavy atom. The maximum absolute atomic E-state index is 13.2. The summed E-state index contributed by atoms with van der Waals surface area (Å²) in [5.41, 5.74) is 2.06. The van der Waals surface area contributed by atoms with Gasteiger partial charge < -0.3 is 10.2 Å². The molecule has 158 valence electrons. The van der Waals surface area contributed by atoms with Gasteiger partial charge >= 0.3 is 0 Å². The van der Waals surface area contributed by atoms with Crippen LogP contribution in [-0.4, -0.2) is 59.3 Å². The molecule has 0 unspecified atom stereocenters. The maximum Gasteiger partial charge on any atom is 0.246 e. The van der Waals surface area contributed by atoms with Crippen molar-refractivity contribution in [2.24, 2.45) is 0 Å². The summed E-state index contributed by atoms with van der Waals surface area (Å²) < 4.78 is 13.2. The summed E-state index contributed by atoms with van der Waals surface area (Å²) in [6.07, 6.45) is 3.27. The van der Waals surface area contributed by atoms with E-state index in [1.165, 1.54) is 12.1 Å². The van der Waals surface area contributed by atoms with Crippen LogP contribution in [0.25, 0.3) is 17.0 Å². The average molecular weight is 418 g/mol. The first-order valence-corrected chi connectivity index (χ1v) is 10.2. The zero-order chi connectivity index (χ0) is 21.6. The van der Waals surface area contributed by atoms with Gasteiger partial charge in [0, 0.05) is 43.3 Å². The normalized spacial score (nSPS) is 14.8. The molecule has 1 aliphatic rings. The van der Waals surface area contributed by atoms with E-state index in [2.05, 4.69) is 10.3 Å². The zero-order valence-electron chi connectivity index (χ0n) is 17.0. The van der Waals surface area contributed by atoms with Gasteiger partial charge in [0.2, 0.25) is 11.8 Å². The molecular weight excluding hydrogens is 395 g/mol. The van der Waals surface area contributed by atoms with E-state index in [1.807, 2.05) is 41.3 Å². The van der Waals surface area contributed by atoms with Gasteiger partial charge in [-0.3, -0.25) is 14.5 Å². The number of rotatable bonds is 5. The van der Waals surface area contributed by atoms with Crippen LogP contribution < -0.4 is 5.32 Å². The van der Waals surface area contributed by atoms with Gasteiger partial charge in [0.1, 0.15) is 5.82 Å². The SMILES string of the molecule is O=C(CN1CCN(C(=O)/C=C/c2ccc3ccccc3n2)CC1)Nc1cccc(F)c1. The van der Waals surface area contributed by atoms with E-state index in [0.29, 0.717) is 31.9 Å². The topological polar surface area (TPSA) is 65.5 Å². The molecule has 7 heteroatoms. The summed E-state index contributed by atoms with van der Waals surface area (Å²) in [5, 5.41) is 3.75. The Balaban J connectivity index is 1.26. The van der Waals surface area contributed by atoms with Crippen molar-refractivity contribution in [2.75, 3.05) is 38.0 Å². The van der Waals surface area contributed by atoms with Gasteiger partial charge in [-0.2, -0.15) is 0 Å². The van der Waals surface area contributed by atoms with Crippen LogP contribution in [0.2, 0.25) is 0 Å². The van der Waals surface area contributed by atoms with E-state index in [1.54, 1.807) is 29.2 Å². The summed E-state index contributed by atoms with van der Waals surface area (Å²) in [6, 6.07) is 17.5. The Labute approximate surface area is 180 Å². The van der Waals surface area contributed by atoms with Crippen molar-refractivity contribution >= 4 is 34.5 Å². The van der Waals surface area contributed by atoms with Gasteiger partial charge in [0.05, 0.1) is 17.8 Å². The van der Waals surface area contributed by atoms with Gasteiger partial charge in [-0.25, -0.2) is 9.37 Å². The quantitative estimate of drug-likeness (QED) is 0.647. The molecule has 1 aliphatic heterocycles. The van der Waals surface area contributed by atoms with E-state index in [-0.39, 0.29) is 18.4 Å². The van der Waals surface area contributed by atoms with Crippen molar-refractivity contribution < 1.29 is 14.0 Å². The lowest BCUT2D eigenvalue weighted by Crippen LogP contribution is -2.50. The molecule has 0 radical (unpaired) electrons. The summed E-state index contributed by atoms with van der Waals surface area (Å²) in [7, 11) is 0.